The summed E-state index contributed by atoms with van der Waals surface area (Å²) in [6.45, 7) is 1.82. The Labute approximate surface area is 131 Å². The molecule has 110 valence electrons. The molecule has 8 heteroatoms. The van der Waals surface area contributed by atoms with Gasteiger partial charge in [0.05, 0.1) is 17.9 Å². The van der Waals surface area contributed by atoms with Crippen LogP contribution in [0.1, 0.15) is 10.4 Å². The van der Waals surface area contributed by atoms with Crippen molar-refractivity contribution in [3.63, 3.8) is 0 Å². The van der Waals surface area contributed by atoms with Crippen molar-refractivity contribution in [1.82, 2.24) is 5.27 Å². The SMILES string of the molecule is O=C(Nc1c[n+](N2CCSCC2)no1)c1ccc(Cl)cc1. The van der Waals surface area contributed by atoms with Crippen LogP contribution in [0, 0.1) is 0 Å². The molecular formula is C13H14ClN4O2S+. The Morgan fingerprint density at radius 2 is 2.05 bits per heavy atom. The second kappa shape index (κ2) is 6.36. The van der Waals surface area contributed by atoms with Crippen molar-refractivity contribution in [2.75, 3.05) is 34.9 Å². The number of carbonyl (C=O) groups excluding carboxylic acids is 1. The number of amides is 1. The van der Waals surface area contributed by atoms with Crippen molar-refractivity contribution in [1.29, 1.82) is 0 Å². The summed E-state index contributed by atoms with van der Waals surface area (Å²) >= 11 is 7.71. The van der Waals surface area contributed by atoms with E-state index in [2.05, 4.69) is 15.6 Å². The number of thioether (sulfide) groups is 1. The van der Waals surface area contributed by atoms with Gasteiger partial charge in [-0.1, -0.05) is 11.6 Å². The van der Waals surface area contributed by atoms with Gasteiger partial charge in [-0.15, -0.1) is 0 Å². The van der Waals surface area contributed by atoms with Crippen molar-refractivity contribution in [3.8, 4) is 0 Å². The zero-order valence-electron chi connectivity index (χ0n) is 11.2. The molecule has 1 N–H and O–H groups in total. The van der Waals surface area contributed by atoms with Crippen molar-refractivity contribution >= 4 is 35.2 Å². The molecule has 2 heterocycles. The van der Waals surface area contributed by atoms with Crippen molar-refractivity contribution in [2.24, 2.45) is 0 Å². The van der Waals surface area contributed by atoms with Crippen molar-refractivity contribution < 1.29 is 14.1 Å². The van der Waals surface area contributed by atoms with Crippen LogP contribution in [0.3, 0.4) is 0 Å². The third kappa shape index (κ3) is 3.48. The molecule has 2 aromatic rings. The number of nitrogens with zero attached hydrogens (tertiary/aromatic N) is 3. The molecule has 0 saturated carbocycles. The molecule has 1 aromatic carbocycles. The molecule has 0 radical (unpaired) electrons. The lowest BCUT2D eigenvalue weighted by atomic mass is 10.2. The minimum absolute atomic E-state index is 0.260. The molecule has 1 saturated heterocycles. The van der Waals surface area contributed by atoms with Gasteiger partial charge in [-0.05, 0) is 24.3 Å². The smallest absolute Gasteiger partial charge is 0.285 e. The highest BCUT2D eigenvalue weighted by Gasteiger charge is 2.23. The molecule has 1 aliphatic heterocycles. The summed E-state index contributed by atoms with van der Waals surface area (Å²) in [5.41, 5.74) is 0.511. The summed E-state index contributed by atoms with van der Waals surface area (Å²) in [5.74, 6) is 2.18. The number of benzene rings is 1. The van der Waals surface area contributed by atoms with Gasteiger partial charge in [0.2, 0.25) is 5.27 Å². The second-order valence-corrected chi connectivity index (χ2v) is 6.17. The van der Waals surface area contributed by atoms with Crippen LogP contribution in [0.4, 0.5) is 5.88 Å². The lowest BCUT2D eigenvalue weighted by molar-refractivity contribution is -0.757. The lowest BCUT2D eigenvalue weighted by Gasteiger charge is -2.17. The first-order valence-corrected chi connectivity index (χ1v) is 8.04. The molecule has 1 amide bonds. The maximum Gasteiger partial charge on any atom is 0.306 e. The van der Waals surface area contributed by atoms with Gasteiger partial charge in [-0.25, -0.2) is 0 Å². The summed E-state index contributed by atoms with van der Waals surface area (Å²) in [5, 5.41) is 9.25. The average Bonchev–Trinajstić information content (AvgIpc) is 2.97. The van der Waals surface area contributed by atoms with Gasteiger partial charge in [0, 0.05) is 22.1 Å². The highest BCUT2D eigenvalue weighted by atomic mass is 35.5. The Morgan fingerprint density at radius 3 is 2.76 bits per heavy atom. The molecule has 0 atom stereocenters. The van der Waals surface area contributed by atoms with E-state index in [4.69, 9.17) is 16.1 Å². The van der Waals surface area contributed by atoms with Crippen LogP contribution in [-0.2, 0) is 0 Å². The maximum absolute atomic E-state index is 12.0. The minimum Gasteiger partial charge on any atom is -0.285 e. The van der Waals surface area contributed by atoms with E-state index in [0.717, 1.165) is 24.6 Å². The van der Waals surface area contributed by atoms with Crippen LogP contribution in [-0.4, -0.2) is 35.8 Å². The molecule has 1 aromatic heterocycles. The van der Waals surface area contributed by atoms with E-state index in [1.807, 2.05) is 11.8 Å². The summed E-state index contributed by atoms with van der Waals surface area (Å²) in [6.07, 6.45) is 1.67. The van der Waals surface area contributed by atoms with Gasteiger partial charge in [-0.3, -0.25) is 14.6 Å². The molecule has 1 aliphatic rings. The summed E-state index contributed by atoms with van der Waals surface area (Å²) in [7, 11) is 0. The largest absolute Gasteiger partial charge is 0.306 e. The number of halogens is 1. The number of nitrogens with one attached hydrogen (secondary N) is 1. The first-order valence-electron chi connectivity index (χ1n) is 6.51. The second-order valence-electron chi connectivity index (χ2n) is 4.51. The molecule has 3 rings (SSSR count). The number of anilines is 1. The Bertz CT molecular complexity index is 625. The Kier molecular flexibility index (Phi) is 4.31. The number of aromatic nitrogens is 2. The van der Waals surface area contributed by atoms with Gasteiger partial charge < -0.3 is 0 Å². The van der Waals surface area contributed by atoms with Crippen LogP contribution in [0.15, 0.2) is 35.0 Å². The van der Waals surface area contributed by atoms with Gasteiger partial charge in [0.25, 0.3) is 12.1 Å². The van der Waals surface area contributed by atoms with Crippen LogP contribution >= 0.6 is 23.4 Å². The minimum atomic E-state index is -0.260. The molecule has 0 unspecified atom stereocenters. The van der Waals surface area contributed by atoms with E-state index in [-0.39, 0.29) is 5.91 Å². The summed E-state index contributed by atoms with van der Waals surface area (Å²) < 4.78 is 5.14. The molecule has 6 nitrogen and oxygen atoms in total. The predicted octanol–water partition coefficient (Wildman–Crippen LogP) is 1.55. The van der Waals surface area contributed by atoms with E-state index in [9.17, 15) is 4.79 Å². The quantitative estimate of drug-likeness (QED) is 0.868. The van der Waals surface area contributed by atoms with Crippen LogP contribution < -0.4 is 15.1 Å². The van der Waals surface area contributed by atoms with E-state index in [1.165, 1.54) is 0 Å². The normalized spacial score (nSPS) is 15.0. The van der Waals surface area contributed by atoms with Gasteiger partial charge in [-0.2, -0.15) is 16.8 Å². The molecular weight excluding hydrogens is 312 g/mol. The lowest BCUT2D eigenvalue weighted by Crippen LogP contribution is -2.61. The first-order chi connectivity index (χ1) is 10.2. The molecule has 21 heavy (non-hydrogen) atoms. The van der Waals surface area contributed by atoms with E-state index >= 15 is 0 Å². The van der Waals surface area contributed by atoms with Crippen LogP contribution in [0.5, 0.6) is 0 Å². The predicted molar refractivity (Wildman–Crippen MR) is 81.4 cm³/mol. The fraction of sp³-hybridized carbons (Fsp3) is 0.308. The van der Waals surface area contributed by atoms with Gasteiger partial charge in [0.1, 0.15) is 0 Å². The zero-order chi connectivity index (χ0) is 14.7. The van der Waals surface area contributed by atoms with Crippen LogP contribution in [0.2, 0.25) is 5.02 Å². The Morgan fingerprint density at radius 1 is 1.33 bits per heavy atom. The highest BCUT2D eigenvalue weighted by Crippen LogP contribution is 2.12. The number of hydrogen-bond acceptors (Lipinski definition) is 5. The van der Waals surface area contributed by atoms with Gasteiger partial charge in [0.15, 0.2) is 0 Å². The first kappa shape index (κ1) is 14.2. The van der Waals surface area contributed by atoms with E-state index < -0.39 is 0 Å². The fourth-order valence-electron chi connectivity index (χ4n) is 1.97. The molecule has 0 spiro atoms. The number of rotatable bonds is 3. The Hall–Kier alpha value is -1.73. The summed E-state index contributed by atoms with van der Waals surface area (Å²) in [4.78, 5) is 13.7. The molecule has 0 bridgehead atoms. The average molecular weight is 326 g/mol. The molecule has 0 aliphatic carbocycles. The number of carbonyl (C=O) groups is 1. The standard InChI is InChI=1S/C13H13ClN4O2S/c14-11-3-1-10(2-4-11)13(19)15-12-9-18(16-20-12)17-5-7-21-8-6-17/h1-4,9H,5-8H2/p+1. The van der Waals surface area contributed by atoms with Gasteiger partial charge >= 0.3 is 5.88 Å². The monoisotopic (exact) mass is 325 g/mol. The third-order valence-electron chi connectivity index (χ3n) is 3.08. The zero-order valence-corrected chi connectivity index (χ0v) is 12.7. The fourth-order valence-corrected chi connectivity index (χ4v) is 2.98. The van der Waals surface area contributed by atoms with E-state index in [1.54, 1.807) is 35.3 Å². The molecule has 1 fully saturated rings. The van der Waals surface area contributed by atoms with E-state index in [0.29, 0.717) is 16.5 Å². The van der Waals surface area contributed by atoms with Crippen molar-refractivity contribution in [2.45, 2.75) is 0 Å². The summed E-state index contributed by atoms with van der Waals surface area (Å²) in [6, 6.07) is 6.65. The van der Waals surface area contributed by atoms with Crippen LogP contribution in [0.25, 0.3) is 0 Å². The highest BCUT2D eigenvalue weighted by molar-refractivity contribution is 7.99. The maximum atomic E-state index is 12.0. The topological polar surface area (TPSA) is 62.3 Å². The third-order valence-corrected chi connectivity index (χ3v) is 4.27. The van der Waals surface area contributed by atoms with Crippen molar-refractivity contribution in [3.05, 3.63) is 41.0 Å². The number of hydrogen-bond donors (Lipinski definition) is 1. The Balaban J connectivity index is 1.66.